The first-order valence-electron chi connectivity index (χ1n) is 12.0. The van der Waals surface area contributed by atoms with Gasteiger partial charge in [-0.2, -0.15) is 0 Å². The summed E-state index contributed by atoms with van der Waals surface area (Å²) in [5, 5.41) is 0. The van der Waals surface area contributed by atoms with E-state index in [1.807, 2.05) is 26.4 Å². The predicted molar refractivity (Wildman–Crippen MR) is 135 cm³/mol. The summed E-state index contributed by atoms with van der Waals surface area (Å²) < 4.78 is 0. The van der Waals surface area contributed by atoms with Gasteiger partial charge < -0.3 is 9.80 Å². The molecule has 33 heavy (non-hydrogen) atoms. The first kappa shape index (κ1) is 23.2. The van der Waals surface area contributed by atoms with Crippen LogP contribution in [0.25, 0.3) is 11.1 Å². The number of amides is 1. The molecule has 1 aromatic heterocycles. The summed E-state index contributed by atoms with van der Waals surface area (Å²) in [5.74, 6) is 0.730. The van der Waals surface area contributed by atoms with Gasteiger partial charge in [-0.15, -0.1) is 0 Å². The fourth-order valence-electron chi connectivity index (χ4n) is 5.22. The lowest BCUT2D eigenvalue weighted by molar-refractivity contribution is -0.142. The van der Waals surface area contributed by atoms with Gasteiger partial charge in [-0.3, -0.25) is 9.78 Å². The van der Waals surface area contributed by atoms with Gasteiger partial charge >= 0.3 is 0 Å². The van der Waals surface area contributed by atoms with Gasteiger partial charge in [0.25, 0.3) is 0 Å². The third-order valence-corrected chi connectivity index (χ3v) is 7.09. The predicted octanol–water partition coefficient (Wildman–Crippen LogP) is 5.27. The highest BCUT2D eigenvalue weighted by atomic mass is 16.2. The molecule has 4 heteroatoms. The van der Waals surface area contributed by atoms with Crippen LogP contribution in [0.15, 0.2) is 79.1 Å². The van der Waals surface area contributed by atoms with Crippen molar-refractivity contribution in [3.63, 3.8) is 0 Å². The highest BCUT2D eigenvalue weighted by Crippen LogP contribution is 2.39. The summed E-state index contributed by atoms with van der Waals surface area (Å²) in [7, 11) is 3.78. The Morgan fingerprint density at radius 3 is 2.36 bits per heavy atom. The number of nitrogens with zero attached hydrogens (tertiary/aromatic N) is 3. The molecule has 1 saturated heterocycles. The topological polar surface area (TPSA) is 36.4 Å². The van der Waals surface area contributed by atoms with Crippen LogP contribution < -0.4 is 0 Å². The Hall–Kier alpha value is -2.98. The maximum Gasteiger partial charge on any atom is 0.228 e. The second-order valence-electron chi connectivity index (χ2n) is 9.67. The van der Waals surface area contributed by atoms with Gasteiger partial charge in [0.15, 0.2) is 0 Å². The molecular formula is C29H35N3O. The minimum Gasteiger partial charge on any atom is -0.348 e. The van der Waals surface area contributed by atoms with Crippen molar-refractivity contribution in [1.29, 1.82) is 0 Å². The van der Waals surface area contributed by atoms with Crippen LogP contribution in [0.2, 0.25) is 0 Å². The number of carbonyl (C=O) groups is 1. The molecule has 1 fully saturated rings. The van der Waals surface area contributed by atoms with Gasteiger partial charge in [0.1, 0.15) is 0 Å². The molecule has 0 bridgehead atoms. The van der Waals surface area contributed by atoms with Crippen LogP contribution in [0, 0.1) is 5.41 Å². The van der Waals surface area contributed by atoms with Crippen LogP contribution in [-0.4, -0.2) is 54.4 Å². The molecule has 0 saturated carbocycles. The van der Waals surface area contributed by atoms with E-state index >= 15 is 0 Å². The van der Waals surface area contributed by atoms with Crippen molar-refractivity contribution < 1.29 is 4.79 Å². The Bertz CT molecular complexity index is 1040. The second-order valence-corrected chi connectivity index (χ2v) is 9.67. The number of carbonyl (C=O) groups excluding carboxylic acids is 1. The molecule has 1 atom stereocenters. The Kier molecular flexibility index (Phi) is 7.24. The van der Waals surface area contributed by atoms with E-state index in [2.05, 4.69) is 77.5 Å². The summed E-state index contributed by atoms with van der Waals surface area (Å²) in [6, 6.07) is 23.3. The fourth-order valence-corrected chi connectivity index (χ4v) is 5.22. The number of rotatable bonds is 7. The van der Waals surface area contributed by atoms with Gasteiger partial charge in [0, 0.05) is 38.6 Å². The monoisotopic (exact) mass is 441 g/mol. The van der Waals surface area contributed by atoms with Gasteiger partial charge in [0.2, 0.25) is 5.91 Å². The smallest absolute Gasteiger partial charge is 0.228 e. The highest BCUT2D eigenvalue weighted by Gasteiger charge is 2.42. The summed E-state index contributed by atoms with van der Waals surface area (Å²) in [6.07, 6.45) is 6.24. The van der Waals surface area contributed by atoms with Crippen LogP contribution in [0.3, 0.4) is 0 Å². The summed E-state index contributed by atoms with van der Waals surface area (Å²) >= 11 is 0. The quantitative estimate of drug-likeness (QED) is 0.501. The summed E-state index contributed by atoms with van der Waals surface area (Å²) in [4.78, 5) is 22.1. The van der Waals surface area contributed by atoms with Gasteiger partial charge in [0.05, 0.1) is 5.41 Å². The van der Waals surface area contributed by atoms with E-state index in [0.29, 0.717) is 5.92 Å². The van der Waals surface area contributed by atoms with E-state index in [0.717, 1.165) is 44.5 Å². The van der Waals surface area contributed by atoms with Crippen molar-refractivity contribution in [2.24, 2.45) is 5.41 Å². The van der Waals surface area contributed by atoms with Crippen LogP contribution in [0.5, 0.6) is 0 Å². The number of piperidine rings is 1. The zero-order chi connectivity index (χ0) is 23.3. The number of likely N-dealkylation sites (tertiary alicyclic amines) is 1. The average Bonchev–Trinajstić information content (AvgIpc) is 2.86. The third-order valence-electron chi connectivity index (χ3n) is 7.09. The molecule has 0 N–H and O–H groups in total. The third kappa shape index (κ3) is 5.33. The van der Waals surface area contributed by atoms with Gasteiger partial charge in [-0.25, -0.2) is 0 Å². The molecule has 1 amide bonds. The van der Waals surface area contributed by atoms with E-state index in [1.165, 1.54) is 16.7 Å². The van der Waals surface area contributed by atoms with E-state index in [4.69, 9.17) is 0 Å². The number of aromatic nitrogens is 1. The lowest BCUT2D eigenvalue weighted by atomic mass is 9.71. The minimum atomic E-state index is -0.367. The summed E-state index contributed by atoms with van der Waals surface area (Å²) in [6.45, 7) is 5.23. The van der Waals surface area contributed by atoms with Gasteiger partial charge in [-0.05, 0) is 61.0 Å². The highest BCUT2D eigenvalue weighted by molar-refractivity contribution is 5.83. The maximum absolute atomic E-state index is 13.5. The molecule has 0 radical (unpaired) electrons. The van der Waals surface area contributed by atoms with Gasteiger partial charge in [-0.1, -0.05) is 67.6 Å². The van der Waals surface area contributed by atoms with Crippen molar-refractivity contribution in [3.05, 3.63) is 90.3 Å². The summed E-state index contributed by atoms with van der Waals surface area (Å²) in [5.41, 5.74) is 4.52. The zero-order valence-corrected chi connectivity index (χ0v) is 20.1. The van der Waals surface area contributed by atoms with E-state index in [9.17, 15) is 4.79 Å². The molecule has 172 valence electrons. The Morgan fingerprint density at radius 2 is 1.70 bits per heavy atom. The lowest BCUT2D eigenvalue weighted by Crippen LogP contribution is -2.50. The Balaban J connectivity index is 1.53. The van der Waals surface area contributed by atoms with Crippen LogP contribution in [-0.2, 0) is 11.2 Å². The first-order valence-corrected chi connectivity index (χ1v) is 12.0. The van der Waals surface area contributed by atoms with Crippen molar-refractivity contribution in [3.8, 4) is 11.1 Å². The fraction of sp³-hybridized carbons (Fsp3) is 0.379. The van der Waals surface area contributed by atoms with E-state index in [-0.39, 0.29) is 11.3 Å². The molecule has 4 nitrogen and oxygen atoms in total. The van der Waals surface area contributed by atoms with Crippen molar-refractivity contribution >= 4 is 5.91 Å². The largest absolute Gasteiger partial charge is 0.348 e. The van der Waals surface area contributed by atoms with Crippen LogP contribution in [0.1, 0.15) is 36.8 Å². The van der Waals surface area contributed by atoms with Crippen LogP contribution in [0.4, 0.5) is 0 Å². The molecule has 1 unspecified atom stereocenters. The number of hydrogen-bond acceptors (Lipinski definition) is 3. The Labute approximate surface area is 198 Å². The number of hydrogen-bond donors (Lipinski definition) is 0. The minimum absolute atomic E-state index is 0.249. The van der Waals surface area contributed by atoms with Crippen molar-refractivity contribution in [2.75, 3.05) is 33.7 Å². The van der Waals surface area contributed by atoms with Crippen molar-refractivity contribution in [2.45, 2.75) is 32.1 Å². The molecule has 2 heterocycles. The van der Waals surface area contributed by atoms with E-state index in [1.54, 1.807) is 11.1 Å². The molecule has 3 aromatic rings. The SMILES string of the molecule is CC(CN1CCC(Cc2ccccc2-c2cccnc2)(C(=O)N(C)C)CC1)c1ccccc1. The molecule has 1 aliphatic heterocycles. The standard InChI is InChI=1S/C29H35N3O/c1-23(24-10-5-4-6-11-24)22-32-18-15-29(16-19-32,28(33)31(2)3)20-25-12-7-8-14-27(25)26-13-9-17-30-21-26/h4-14,17,21,23H,15-16,18-20,22H2,1-3H3. The first-order chi connectivity index (χ1) is 16.0. The van der Waals surface area contributed by atoms with E-state index < -0.39 is 0 Å². The molecule has 4 rings (SSSR count). The molecule has 2 aromatic carbocycles. The molecule has 0 spiro atoms. The maximum atomic E-state index is 13.5. The van der Waals surface area contributed by atoms with Crippen molar-refractivity contribution in [1.82, 2.24) is 14.8 Å². The molecule has 0 aliphatic carbocycles. The van der Waals surface area contributed by atoms with Crippen LogP contribution >= 0.6 is 0 Å². The number of benzene rings is 2. The zero-order valence-electron chi connectivity index (χ0n) is 20.1. The Morgan fingerprint density at radius 1 is 1.00 bits per heavy atom. The average molecular weight is 442 g/mol. The normalized spacial score (nSPS) is 16.8. The molecular weight excluding hydrogens is 406 g/mol. The molecule has 1 aliphatic rings. The lowest BCUT2D eigenvalue weighted by Gasteiger charge is -2.43. The number of pyridine rings is 1. The second kappa shape index (κ2) is 10.3.